The largest absolute Gasteiger partial charge is 0.340 e. The van der Waals surface area contributed by atoms with Crippen LogP contribution in [-0.2, 0) is 13.6 Å². The molecule has 14 heavy (non-hydrogen) atoms. The van der Waals surface area contributed by atoms with E-state index >= 15 is 0 Å². The van der Waals surface area contributed by atoms with Gasteiger partial charge in [-0.05, 0) is 28.1 Å². The van der Waals surface area contributed by atoms with E-state index in [9.17, 15) is 0 Å². The maximum Gasteiger partial charge on any atom is 0.254 e. The van der Waals surface area contributed by atoms with Gasteiger partial charge in [0.25, 0.3) is 6.54 Å². The third-order valence-corrected chi connectivity index (χ3v) is 2.99. The second kappa shape index (κ2) is 3.47. The van der Waals surface area contributed by atoms with Crippen LogP contribution >= 0.6 is 15.9 Å². The molecule has 0 aliphatic carbocycles. The average molecular weight is 249 g/mol. The molecule has 0 fully saturated rings. The van der Waals surface area contributed by atoms with E-state index in [0.717, 1.165) is 15.7 Å². The van der Waals surface area contributed by atoms with E-state index in [4.69, 9.17) is 6.57 Å². The van der Waals surface area contributed by atoms with Crippen molar-refractivity contribution in [2.45, 2.75) is 6.54 Å². The molecule has 0 atom stereocenters. The summed E-state index contributed by atoms with van der Waals surface area (Å²) in [6.45, 7) is 7.31. The molecule has 3 heteroatoms. The summed E-state index contributed by atoms with van der Waals surface area (Å²) < 4.78 is 3.14. The minimum atomic E-state index is 0.442. The lowest BCUT2D eigenvalue weighted by Crippen LogP contribution is -1.93. The molecule has 0 radical (unpaired) electrons. The predicted octanol–water partition coefficient (Wildman–Crippen LogP) is 3.36. The molecule has 1 aromatic carbocycles. The topological polar surface area (TPSA) is 9.29 Å². The number of aromatic nitrogens is 1. The first-order valence-corrected chi connectivity index (χ1v) is 5.09. The van der Waals surface area contributed by atoms with Crippen LogP contribution in [0.5, 0.6) is 0 Å². The monoisotopic (exact) mass is 248 g/mol. The van der Waals surface area contributed by atoms with Gasteiger partial charge < -0.3 is 9.41 Å². The molecule has 1 heterocycles. The van der Waals surface area contributed by atoms with Crippen molar-refractivity contribution < 1.29 is 0 Å². The van der Waals surface area contributed by atoms with E-state index in [1.165, 1.54) is 5.39 Å². The second-order valence-electron chi connectivity index (χ2n) is 3.19. The Morgan fingerprint density at radius 3 is 2.93 bits per heavy atom. The van der Waals surface area contributed by atoms with Crippen molar-refractivity contribution in [3.05, 3.63) is 45.8 Å². The van der Waals surface area contributed by atoms with Gasteiger partial charge in [-0.2, -0.15) is 0 Å². The van der Waals surface area contributed by atoms with Gasteiger partial charge in [-0.15, -0.1) is 0 Å². The van der Waals surface area contributed by atoms with E-state index in [1.807, 2.05) is 19.2 Å². The van der Waals surface area contributed by atoms with E-state index in [1.54, 1.807) is 0 Å². The van der Waals surface area contributed by atoms with Crippen LogP contribution in [-0.4, -0.2) is 4.57 Å². The molecule has 0 aliphatic rings. The van der Waals surface area contributed by atoms with Crippen molar-refractivity contribution in [1.29, 1.82) is 0 Å². The zero-order valence-electron chi connectivity index (χ0n) is 7.79. The molecule has 0 spiro atoms. The van der Waals surface area contributed by atoms with E-state index in [2.05, 4.69) is 37.5 Å². The van der Waals surface area contributed by atoms with Crippen LogP contribution < -0.4 is 0 Å². The third-order valence-electron chi connectivity index (χ3n) is 2.35. The van der Waals surface area contributed by atoms with Gasteiger partial charge >= 0.3 is 0 Å². The van der Waals surface area contributed by atoms with Gasteiger partial charge in [0.05, 0.1) is 11.2 Å². The molecule has 0 aliphatic heterocycles. The highest BCUT2D eigenvalue weighted by molar-refractivity contribution is 9.10. The summed E-state index contributed by atoms with van der Waals surface area (Å²) >= 11 is 3.51. The highest BCUT2D eigenvalue weighted by atomic mass is 79.9. The van der Waals surface area contributed by atoms with E-state index in [-0.39, 0.29) is 0 Å². The molecule has 0 amide bonds. The Morgan fingerprint density at radius 1 is 1.50 bits per heavy atom. The molecule has 0 bridgehead atoms. The number of hydrogen-bond donors (Lipinski definition) is 0. The standard InChI is InChI=1S/C11H9BrN2/c1-13-7-9-6-8-4-3-5-10(12)11(8)14(9)2/h3-6H,7H2,2H3. The minimum Gasteiger partial charge on any atom is -0.340 e. The molecular weight excluding hydrogens is 240 g/mol. The number of rotatable bonds is 1. The van der Waals surface area contributed by atoms with Gasteiger partial charge in [-0.3, -0.25) is 0 Å². The number of halogens is 1. The molecule has 2 nitrogen and oxygen atoms in total. The van der Waals surface area contributed by atoms with Crippen LogP contribution in [0.1, 0.15) is 5.69 Å². The average Bonchev–Trinajstić information content (AvgIpc) is 2.46. The molecule has 70 valence electrons. The summed E-state index contributed by atoms with van der Waals surface area (Å²) in [6.07, 6.45) is 0. The Kier molecular flexibility index (Phi) is 2.30. The fraction of sp³-hybridized carbons (Fsp3) is 0.182. The summed E-state index contributed by atoms with van der Waals surface area (Å²) in [5, 5.41) is 1.18. The maximum absolute atomic E-state index is 6.86. The third kappa shape index (κ3) is 1.32. The predicted molar refractivity (Wildman–Crippen MR) is 60.9 cm³/mol. The second-order valence-corrected chi connectivity index (χ2v) is 4.04. The zero-order valence-corrected chi connectivity index (χ0v) is 9.37. The first-order valence-electron chi connectivity index (χ1n) is 4.30. The highest BCUT2D eigenvalue weighted by Crippen LogP contribution is 2.26. The first kappa shape index (κ1) is 9.29. The smallest absolute Gasteiger partial charge is 0.254 e. The quantitative estimate of drug-likeness (QED) is 0.685. The minimum absolute atomic E-state index is 0.442. The van der Waals surface area contributed by atoms with Crippen molar-refractivity contribution in [3.63, 3.8) is 0 Å². The van der Waals surface area contributed by atoms with Crippen molar-refractivity contribution >= 4 is 26.8 Å². The highest BCUT2D eigenvalue weighted by Gasteiger charge is 2.09. The summed E-state index contributed by atoms with van der Waals surface area (Å²) in [5.74, 6) is 0. The molecule has 0 saturated heterocycles. The Hall–Kier alpha value is -1.27. The van der Waals surface area contributed by atoms with Gasteiger partial charge in [0.15, 0.2) is 0 Å². The molecule has 0 saturated carbocycles. The Balaban J connectivity index is 2.75. The van der Waals surface area contributed by atoms with Crippen LogP contribution in [0.2, 0.25) is 0 Å². The van der Waals surface area contributed by atoms with E-state index in [0.29, 0.717) is 6.54 Å². The summed E-state index contributed by atoms with van der Waals surface area (Å²) in [4.78, 5) is 3.41. The number of hydrogen-bond acceptors (Lipinski definition) is 0. The van der Waals surface area contributed by atoms with Crippen LogP contribution in [0.25, 0.3) is 15.7 Å². The van der Waals surface area contributed by atoms with Crippen LogP contribution in [0.3, 0.4) is 0 Å². The van der Waals surface area contributed by atoms with Gasteiger partial charge in [0, 0.05) is 16.9 Å². The molecule has 2 rings (SSSR count). The van der Waals surface area contributed by atoms with Crippen LogP contribution in [0.4, 0.5) is 0 Å². The Morgan fingerprint density at radius 2 is 2.29 bits per heavy atom. The SMILES string of the molecule is [C-]#[N+]Cc1cc2cccc(Br)c2n1C. The van der Waals surface area contributed by atoms with Gasteiger partial charge in [-0.25, -0.2) is 6.57 Å². The molecular formula is C11H9BrN2. The van der Waals surface area contributed by atoms with Gasteiger partial charge in [-0.1, -0.05) is 12.1 Å². The zero-order chi connectivity index (χ0) is 10.1. The summed E-state index contributed by atoms with van der Waals surface area (Å²) in [6, 6.07) is 8.16. The fourth-order valence-corrected chi connectivity index (χ4v) is 2.30. The van der Waals surface area contributed by atoms with E-state index < -0.39 is 0 Å². The summed E-state index contributed by atoms with van der Waals surface area (Å²) in [5.41, 5.74) is 2.22. The molecule has 0 N–H and O–H groups in total. The molecule has 1 aromatic heterocycles. The normalized spacial score (nSPS) is 10.4. The van der Waals surface area contributed by atoms with Crippen molar-refractivity contribution in [2.24, 2.45) is 7.05 Å². The maximum atomic E-state index is 6.86. The van der Waals surface area contributed by atoms with Crippen LogP contribution in [0.15, 0.2) is 28.7 Å². The lowest BCUT2D eigenvalue weighted by Gasteiger charge is -2.00. The van der Waals surface area contributed by atoms with Gasteiger partial charge in [0.2, 0.25) is 0 Å². The fourth-order valence-electron chi connectivity index (χ4n) is 1.65. The summed E-state index contributed by atoms with van der Waals surface area (Å²) in [7, 11) is 1.99. The lowest BCUT2D eigenvalue weighted by molar-refractivity contribution is 0.887. The number of para-hydroxylation sites is 1. The van der Waals surface area contributed by atoms with Crippen LogP contribution in [0, 0.1) is 6.57 Å². The number of nitrogens with zero attached hydrogens (tertiary/aromatic N) is 2. The van der Waals surface area contributed by atoms with Crippen molar-refractivity contribution in [1.82, 2.24) is 4.57 Å². The van der Waals surface area contributed by atoms with Crippen molar-refractivity contribution in [2.75, 3.05) is 0 Å². The van der Waals surface area contributed by atoms with Crippen molar-refractivity contribution in [3.8, 4) is 0 Å². The number of aryl methyl sites for hydroxylation is 1. The van der Waals surface area contributed by atoms with Gasteiger partial charge in [0.1, 0.15) is 0 Å². The molecule has 2 aromatic rings. The Labute approximate surface area is 91.1 Å². The number of fused-ring (bicyclic) bond motifs is 1. The molecule has 0 unspecified atom stereocenters. The number of benzene rings is 1. The first-order chi connectivity index (χ1) is 6.74. The Bertz CT molecular complexity index is 520. The lowest BCUT2D eigenvalue weighted by atomic mass is 10.2.